The molecule has 0 bridgehead atoms. The third kappa shape index (κ3) is 2.97. The van der Waals surface area contributed by atoms with Crippen LogP contribution in [0.2, 0.25) is 0 Å². The van der Waals surface area contributed by atoms with E-state index in [0.29, 0.717) is 6.04 Å². The Kier molecular flexibility index (Phi) is 3.85. The van der Waals surface area contributed by atoms with Crippen molar-refractivity contribution in [2.45, 2.75) is 45.6 Å². The Morgan fingerprint density at radius 1 is 1.44 bits per heavy atom. The van der Waals surface area contributed by atoms with Gasteiger partial charge in [-0.3, -0.25) is 0 Å². The number of aromatic nitrogens is 1. The molecule has 2 unspecified atom stereocenters. The SMILES string of the molecule is Cc1cnc(NC2CCCC(C)C2)c(Br)c1. The first-order valence-corrected chi connectivity index (χ1v) is 6.83. The molecule has 1 aromatic heterocycles. The predicted octanol–water partition coefficient (Wildman–Crippen LogP) is 4.14. The minimum atomic E-state index is 0.593. The van der Waals surface area contributed by atoms with Gasteiger partial charge < -0.3 is 5.32 Å². The summed E-state index contributed by atoms with van der Waals surface area (Å²) in [4.78, 5) is 4.44. The van der Waals surface area contributed by atoms with Gasteiger partial charge in [0.15, 0.2) is 0 Å². The molecular formula is C13H19BrN2. The van der Waals surface area contributed by atoms with Crippen molar-refractivity contribution in [3.05, 3.63) is 22.3 Å². The van der Waals surface area contributed by atoms with Gasteiger partial charge in [-0.2, -0.15) is 0 Å². The molecule has 0 amide bonds. The highest BCUT2D eigenvalue weighted by molar-refractivity contribution is 9.10. The molecule has 1 N–H and O–H groups in total. The summed E-state index contributed by atoms with van der Waals surface area (Å²) in [6, 6.07) is 2.71. The molecule has 1 fully saturated rings. The van der Waals surface area contributed by atoms with Gasteiger partial charge in [-0.05, 0) is 53.2 Å². The average molecular weight is 283 g/mol. The molecule has 88 valence electrons. The molecule has 1 heterocycles. The fraction of sp³-hybridized carbons (Fsp3) is 0.615. The van der Waals surface area contributed by atoms with Gasteiger partial charge >= 0.3 is 0 Å². The molecule has 0 spiro atoms. The van der Waals surface area contributed by atoms with Crippen LogP contribution in [0.5, 0.6) is 0 Å². The minimum Gasteiger partial charge on any atom is -0.366 e. The van der Waals surface area contributed by atoms with E-state index in [0.717, 1.165) is 16.2 Å². The topological polar surface area (TPSA) is 24.9 Å². The molecule has 2 rings (SSSR count). The number of nitrogens with zero attached hydrogens (tertiary/aromatic N) is 1. The first kappa shape index (κ1) is 11.9. The summed E-state index contributed by atoms with van der Waals surface area (Å²) in [6.45, 7) is 4.40. The lowest BCUT2D eigenvalue weighted by atomic mass is 9.87. The minimum absolute atomic E-state index is 0.593. The molecule has 1 aromatic rings. The van der Waals surface area contributed by atoms with Crippen LogP contribution in [0.15, 0.2) is 16.7 Å². The second kappa shape index (κ2) is 5.17. The zero-order valence-electron chi connectivity index (χ0n) is 9.96. The van der Waals surface area contributed by atoms with E-state index < -0.39 is 0 Å². The van der Waals surface area contributed by atoms with Gasteiger partial charge in [0.1, 0.15) is 5.82 Å². The van der Waals surface area contributed by atoms with Crippen molar-refractivity contribution in [3.63, 3.8) is 0 Å². The molecule has 0 radical (unpaired) electrons. The van der Waals surface area contributed by atoms with Crippen LogP contribution < -0.4 is 5.32 Å². The monoisotopic (exact) mass is 282 g/mol. The van der Waals surface area contributed by atoms with Crippen molar-refractivity contribution in [2.75, 3.05) is 5.32 Å². The Hall–Kier alpha value is -0.570. The molecule has 0 aliphatic heterocycles. The lowest BCUT2D eigenvalue weighted by Gasteiger charge is -2.28. The van der Waals surface area contributed by atoms with Gasteiger partial charge in [0.2, 0.25) is 0 Å². The standard InChI is InChI=1S/C13H19BrN2/c1-9-4-3-5-11(6-9)16-13-12(14)7-10(2)8-15-13/h7-9,11H,3-6H2,1-2H3,(H,15,16). The Morgan fingerprint density at radius 3 is 2.94 bits per heavy atom. The first-order valence-electron chi connectivity index (χ1n) is 6.04. The summed E-state index contributed by atoms with van der Waals surface area (Å²) in [5.74, 6) is 1.83. The lowest BCUT2D eigenvalue weighted by molar-refractivity contribution is 0.358. The molecule has 2 nitrogen and oxygen atoms in total. The van der Waals surface area contributed by atoms with Crippen LogP contribution in [0.1, 0.15) is 38.2 Å². The van der Waals surface area contributed by atoms with Gasteiger partial charge in [-0.25, -0.2) is 4.98 Å². The van der Waals surface area contributed by atoms with Gasteiger partial charge in [-0.1, -0.05) is 19.8 Å². The second-order valence-electron chi connectivity index (χ2n) is 4.96. The Balaban J connectivity index is 2.02. The number of halogens is 1. The molecular weight excluding hydrogens is 264 g/mol. The Bertz CT molecular complexity index is 365. The van der Waals surface area contributed by atoms with Gasteiger partial charge in [0.25, 0.3) is 0 Å². The summed E-state index contributed by atoms with van der Waals surface area (Å²) in [6.07, 6.45) is 7.16. The second-order valence-corrected chi connectivity index (χ2v) is 5.81. The van der Waals surface area contributed by atoms with Gasteiger partial charge in [-0.15, -0.1) is 0 Å². The molecule has 0 saturated heterocycles. The number of nitrogens with one attached hydrogen (secondary N) is 1. The van der Waals surface area contributed by atoms with Crippen LogP contribution in [0.4, 0.5) is 5.82 Å². The fourth-order valence-electron chi connectivity index (χ4n) is 2.40. The molecule has 0 aromatic carbocycles. The van der Waals surface area contributed by atoms with Crippen LogP contribution in [0.25, 0.3) is 0 Å². The maximum Gasteiger partial charge on any atom is 0.140 e. The maximum atomic E-state index is 4.44. The number of pyridine rings is 1. The fourth-order valence-corrected chi connectivity index (χ4v) is 2.98. The highest BCUT2D eigenvalue weighted by atomic mass is 79.9. The average Bonchev–Trinajstić information content (AvgIpc) is 2.22. The Labute approximate surface area is 106 Å². The van der Waals surface area contributed by atoms with E-state index in [-0.39, 0.29) is 0 Å². The van der Waals surface area contributed by atoms with Crippen molar-refractivity contribution in [1.29, 1.82) is 0 Å². The number of aryl methyl sites for hydroxylation is 1. The van der Waals surface area contributed by atoms with E-state index in [9.17, 15) is 0 Å². The van der Waals surface area contributed by atoms with Crippen molar-refractivity contribution in [2.24, 2.45) is 5.92 Å². The molecule has 1 aliphatic carbocycles. The number of hydrogen-bond acceptors (Lipinski definition) is 2. The highest BCUT2D eigenvalue weighted by Crippen LogP contribution is 2.28. The number of hydrogen-bond donors (Lipinski definition) is 1. The van der Waals surface area contributed by atoms with Gasteiger partial charge in [0, 0.05) is 12.2 Å². The van der Waals surface area contributed by atoms with Crippen LogP contribution in [0, 0.1) is 12.8 Å². The van der Waals surface area contributed by atoms with Crippen molar-refractivity contribution in [3.8, 4) is 0 Å². The van der Waals surface area contributed by atoms with Crippen LogP contribution in [-0.4, -0.2) is 11.0 Å². The third-order valence-corrected chi connectivity index (χ3v) is 3.86. The molecule has 1 aliphatic rings. The van der Waals surface area contributed by atoms with E-state index >= 15 is 0 Å². The zero-order valence-corrected chi connectivity index (χ0v) is 11.5. The summed E-state index contributed by atoms with van der Waals surface area (Å²) >= 11 is 3.56. The van der Waals surface area contributed by atoms with E-state index in [1.807, 2.05) is 6.20 Å². The lowest BCUT2D eigenvalue weighted by Crippen LogP contribution is -2.26. The van der Waals surface area contributed by atoms with Crippen molar-refractivity contribution >= 4 is 21.7 Å². The molecule has 3 heteroatoms. The highest BCUT2D eigenvalue weighted by Gasteiger charge is 2.19. The number of anilines is 1. The van der Waals surface area contributed by atoms with E-state index in [2.05, 4.69) is 46.1 Å². The van der Waals surface area contributed by atoms with E-state index in [1.54, 1.807) is 0 Å². The maximum absolute atomic E-state index is 4.44. The summed E-state index contributed by atoms with van der Waals surface area (Å²) < 4.78 is 1.07. The predicted molar refractivity (Wildman–Crippen MR) is 71.7 cm³/mol. The van der Waals surface area contributed by atoms with Crippen LogP contribution in [-0.2, 0) is 0 Å². The summed E-state index contributed by atoms with van der Waals surface area (Å²) in [5, 5.41) is 3.55. The zero-order chi connectivity index (χ0) is 11.5. The van der Waals surface area contributed by atoms with E-state index in [1.165, 1.54) is 31.2 Å². The molecule has 16 heavy (non-hydrogen) atoms. The van der Waals surface area contributed by atoms with Crippen molar-refractivity contribution < 1.29 is 0 Å². The molecule has 2 atom stereocenters. The largest absolute Gasteiger partial charge is 0.366 e. The van der Waals surface area contributed by atoms with Crippen molar-refractivity contribution in [1.82, 2.24) is 4.98 Å². The van der Waals surface area contributed by atoms with Gasteiger partial charge in [0.05, 0.1) is 4.47 Å². The normalized spacial score (nSPS) is 25.4. The van der Waals surface area contributed by atoms with Crippen LogP contribution >= 0.6 is 15.9 Å². The van der Waals surface area contributed by atoms with E-state index in [4.69, 9.17) is 0 Å². The smallest absolute Gasteiger partial charge is 0.140 e. The molecule has 1 saturated carbocycles. The summed E-state index contributed by atoms with van der Waals surface area (Å²) in [5.41, 5.74) is 1.19. The quantitative estimate of drug-likeness (QED) is 0.882. The summed E-state index contributed by atoms with van der Waals surface area (Å²) in [7, 11) is 0. The number of rotatable bonds is 2. The Morgan fingerprint density at radius 2 is 2.25 bits per heavy atom. The first-order chi connectivity index (χ1) is 7.65. The third-order valence-electron chi connectivity index (χ3n) is 3.26. The van der Waals surface area contributed by atoms with Crippen LogP contribution in [0.3, 0.4) is 0 Å².